The van der Waals surface area contributed by atoms with Gasteiger partial charge < -0.3 is 10.2 Å². The number of nitro benzene ring substituents is 1. The van der Waals surface area contributed by atoms with E-state index in [4.69, 9.17) is 0 Å². The van der Waals surface area contributed by atoms with Gasteiger partial charge in [0.1, 0.15) is 0 Å². The molecule has 0 radical (unpaired) electrons. The Hall–Kier alpha value is -2.89. The number of nitrogens with zero attached hydrogens (tertiary/aromatic N) is 2. The van der Waals surface area contributed by atoms with Crippen LogP contribution < -0.4 is 10.2 Å². The lowest BCUT2D eigenvalue weighted by atomic mass is 10.2. The molecule has 0 unspecified atom stereocenters. The fourth-order valence-electron chi connectivity index (χ4n) is 2.31. The van der Waals surface area contributed by atoms with Crippen molar-refractivity contribution in [2.45, 2.75) is 13.8 Å². The molecule has 0 saturated carbocycles. The Morgan fingerprint density at radius 1 is 1.13 bits per heavy atom. The summed E-state index contributed by atoms with van der Waals surface area (Å²) in [5.74, 6) is -0.295. The average Bonchev–Trinajstić information content (AvgIpc) is 2.56. The Kier molecular flexibility index (Phi) is 5.30. The summed E-state index contributed by atoms with van der Waals surface area (Å²) in [7, 11) is 0. The van der Waals surface area contributed by atoms with Crippen LogP contribution in [0.15, 0.2) is 48.5 Å². The third-order valence-electron chi connectivity index (χ3n) is 3.57. The van der Waals surface area contributed by atoms with Gasteiger partial charge in [0, 0.05) is 42.2 Å². The number of non-ortho nitro benzene ring substituents is 1. The number of benzene rings is 2. The van der Waals surface area contributed by atoms with Crippen molar-refractivity contribution in [1.29, 1.82) is 0 Å². The largest absolute Gasteiger partial charge is 0.372 e. The van der Waals surface area contributed by atoms with Gasteiger partial charge in [0.2, 0.25) is 0 Å². The minimum absolute atomic E-state index is 0.0370. The van der Waals surface area contributed by atoms with Crippen molar-refractivity contribution in [2.75, 3.05) is 23.3 Å². The molecule has 0 bridgehead atoms. The monoisotopic (exact) mass is 313 g/mol. The van der Waals surface area contributed by atoms with Gasteiger partial charge in [-0.25, -0.2) is 0 Å². The van der Waals surface area contributed by atoms with Crippen LogP contribution in [0.2, 0.25) is 0 Å². The second-order valence-electron chi connectivity index (χ2n) is 4.98. The predicted molar refractivity (Wildman–Crippen MR) is 91.1 cm³/mol. The number of hydrogen-bond donors (Lipinski definition) is 1. The highest BCUT2D eigenvalue weighted by atomic mass is 16.6. The highest BCUT2D eigenvalue weighted by Crippen LogP contribution is 2.20. The Morgan fingerprint density at radius 2 is 1.78 bits per heavy atom. The van der Waals surface area contributed by atoms with Gasteiger partial charge in [-0.15, -0.1) is 0 Å². The van der Waals surface area contributed by atoms with Gasteiger partial charge in [-0.1, -0.05) is 6.07 Å². The number of carbonyl (C=O) groups excluding carboxylic acids is 1. The molecule has 0 aliphatic heterocycles. The minimum atomic E-state index is -0.491. The molecule has 0 aliphatic carbocycles. The van der Waals surface area contributed by atoms with E-state index in [0.29, 0.717) is 11.3 Å². The molecule has 0 saturated heterocycles. The van der Waals surface area contributed by atoms with Gasteiger partial charge in [-0.2, -0.15) is 0 Å². The summed E-state index contributed by atoms with van der Waals surface area (Å²) in [4.78, 5) is 24.5. The maximum Gasteiger partial charge on any atom is 0.269 e. The van der Waals surface area contributed by atoms with Crippen molar-refractivity contribution < 1.29 is 9.72 Å². The lowest BCUT2D eigenvalue weighted by Gasteiger charge is -2.21. The van der Waals surface area contributed by atoms with Gasteiger partial charge in [0.05, 0.1) is 4.92 Å². The molecule has 2 aromatic carbocycles. The van der Waals surface area contributed by atoms with Crippen LogP contribution in [0.5, 0.6) is 0 Å². The van der Waals surface area contributed by atoms with E-state index >= 15 is 0 Å². The summed E-state index contributed by atoms with van der Waals surface area (Å²) in [6.45, 7) is 5.92. The zero-order valence-electron chi connectivity index (χ0n) is 13.2. The molecule has 0 spiro atoms. The first-order valence-electron chi connectivity index (χ1n) is 7.46. The van der Waals surface area contributed by atoms with E-state index in [1.54, 1.807) is 0 Å². The van der Waals surface area contributed by atoms with Crippen LogP contribution in [0.4, 0.5) is 17.1 Å². The van der Waals surface area contributed by atoms with E-state index in [1.165, 1.54) is 24.3 Å². The summed E-state index contributed by atoms with van der Waals surface area (Å²) in [5, 5.41) is 13.4. The highest BCUT2D eigenvalue weighted by Gasteiger charge is 2.10. The molecular weight excluding hydrogens is 294 g/mol. The van der Waals surface area contributed by atoms with Gasteiger partial charge in [-0.3, -0.25) is 14.9 Å². The quantitative estimate of drug-likeness (QED) is 0.652. The zero-order chi connectivity index (χ0) is 16.8. The third-order valence-corrected chi connectivity index (χ3v) is 3.57. The molecule has 0 aliphatic rings. The highest BCUT2D eigenvalue weighted by molar-refractivity contribution is 6.04. The van der Waals surface area contributed by atoms with Crippen molar-refractivity contribution in [3.63, 3.8) is 0 Å². The lowest BCUT2D eigenvalue weighted by molar-refractivity contribution is -0.384. The Balaban J connectivity index is 2.13. The van der Waals surface area contributed by atoms with Gasteiger partial charge in [0.25, 0.3) is 11.6 Å². The first-order chi connectivity index (χ1) is 11.0. The number of hydrogen-bond acceptors (Lipinski definition) is 4. The van der Waals surface area contributed by atoms with Crippen LogP contribution >= 0.6 is 0 Å². The lowest BCUT2D eigenvalue weighted by Crippen LogP contribution is -2.22. The second-order valence-corrected chi connectivity index (χ2v) is 4.98. The zero-order valence-corrected chi connectivity index (χ0v) is 13.2. The van der Waals surface area contributed by atoms with Crippen LogP contribution in [0.3, 0.4) is 0 Å². The van der Waals surface area contributed by atoms with Gasteiger partial charge in [-0.05, 0) is 44.2 Å². The molecule has 0 aromatic heterocycles. The van der Waals surface area contributed by atoms with Gasteiger partial charge >= 0.3 is 0 Å². The number of nitrogens with one attached hydrogen (secondary N) is 1. The number of carbonyl (C=O) groups is 1. The van der Waals surface area contributed by atoms with Crippen LogP contribution in [0.1, 0.15) is 24.2 Å². The normalized spacial score (nSPS) is 10.2. The van der Waals surface area contributed by atoms with Crippen LogP contribution in [-0.4, -0.2) is 23.9 Å². The summed E-state index contributed by atoms with van der Waals surface area (Å²) in [5.41, 5.74) is 2.07. The van der Waals surface area contributed by atoms with E-state index in [1.807, 2.05) is 24.3 Å². The van der Waals surface area contributed by atoms with Crippen molar-refractivity contribution in [3.05, 3.63) is 64.2 Å². The Labute approximate surface area is 134 Å². The molecule has 6 nitrogen and oxygen atoms in total. The molecule has 2 aromatic rings. The molecule has 6 heteroatoms. The Bertz CT molecular complexity index is 694. The molecule has 120 valence electrons. The standard InChI is InChI=1S/C17H19N3O3/c1-3-19(4-2)16-7-5-6-14(12-16)18-17(21)13-8-10-15(11-9-13)20(22)23/h5-12H,3-4H2,1-2H3,(H,18,21). The first-order valence-corrected chi connectivity index (χ1v) is 7.46. The van der Waals surface area contributed by atoms with E-state index in [2.05, 4.69) is 24.1 Å². The van der Waals surface area contributed by atoms with Crippen molar-refractivity contribution in [2.24, 2.45) is 0 Å². The molecule has 2 rings (SSSR count). The van der Waals surface area contributed by atoms with Crippen LogP contribution in [0.25, 0.3) is 0 Å². The molecule has 23 heavy (non-hydrogen) atoms. The van der Waals surface area contributed by atoms with Crippen LogP contribution in [0, 0.1) is 10.1 Å². The molecule has 1 N–H and O–H groups in total. The van der Waals surface area contributed by atoms with E-state index < -0.39 is 4.92 Å². The number of anilines is 2. The third kappa shape index (κ3) is 4.06. The van der Waals surface area contributed by atoms with E-state index in [0.717, 1.165) is 18.8 Å². The molecular formula is C17H19N3O3. The summed E-state index contributed by atoms with van der Waals surface area (Å²) in [6, 6.07) is 13.1. The molecule has 0 fully saturated rings. The fraction of sp³-hybridized carbons (Fsp3) is 0.235. The summed E-state index contributed by atoms with van der Waals surface area (Å²) >= 11 is 0. The number of amides is 1. The molecule has 1 amide bonds. The van der Waals surface area contributed by atoms with Crippen molar-refractivity contribution >= 4 is 23.0 Å². The summed E-state index contributed by atoms with van der Waals surface area (Å²) < 4.78 is 0. The number of rotatable bonds is 6. The molecule has 0 atom stereocenters. The smallest absolute Gasteiger partial charge is 0.269 e. The van der Waals surface area contributed by atoms with Crippen molar-refractivity contribution in [3.8, 4) is 0 Å². The average molecular weight is 313 g/mol. The predicted octanol–water partition coefficient (Wildman–Crippen LogP) is 3.69. The number of nitro groups is 1. The maximum atomic E-state index is 12.2. The Morgan fingerprint density at radius 3 is 2.35 bits per heavy atom. The van der Waals surface area contributed by atoms with E-state index in [9.17, 15) is 14.9 Å². The second kappa shape index (κ2) is 7.40. The minimum Gasteiger partial charge on any atom is -0.372 e. The summed E-state index contributed by atoms with van der Waals surface area (Å²) in [6.07, 6.45) is 0. The topological polar surface area (TPSA) is 75.5 Å². The van der Waals surface area contributed by atoms with Gasteiger partial charge in [0.15, 0.2) is 0 Å². The molecule has 0 heterocycles. The fourth-order valence-corrected chi connectivity index (χ4v) is 2.31. The first kappa shape index (κ1) is 16.5. The maximum absolute atomic E-state index is 12.2. The van der Waals surface area contributed by atoms with Crippen LogP contribution in [-0.2, 0) is 0 Å². The van der Waals surface area contributed by atoms with Crippen molar-refractivity contribution in [1.82, 2.24) is 0 Å². The SMILES string of the molecule is CCN(CC)c1cccc(NC(=O)c2ccc([N+](=O)[O-])cc2)c1. The van der Waals surface area contributed by atoms with E-state index in [-0.39, 0.29) is 11.6 Å².